The molecule has 0 amide bonds. The molecule has 1 aliphatic heterocycles. The van der Waals surface area contributed by atoms with Crippen LogP contribution in [0.25, 0.3) is 0 Å². The molecule has 3 unspecified atom stereocenters. The fourth-order valence-electron chi connectivity index (χ4n) is 3.37. The van der Waals surface area contributed by atoms with Crippen molar-refractivity contribution < 1.29 is 34.1 Å². The molecule has 0 saturated carbocycles. The Bertz CT molecular complexity index is 544. The number of ether oxygens (including phenoxy) is 2. The molecule has 7 nitrogen and oxygen atoms in total. The van der Waals surface area contributed by atoms with E-state index < -0.39 is 30.1 Å². The molecule has 3 atom stereocenters. The second-order valence-electron chi connectivity index (χ2n) is 8.01. The van der Waals surface area contributed by atoms with Gasteiger partial charge in [-0.2, -0.15) is 0 Å². The summed E-state index contributed by atoms with van der Waals surface area (Å²) in [5.74, 6) is -2.15. The van der Waals surface area contributed by atoms with Crippen LogP contribution in [0.15, 0.2) is 12.2 Å². The summed E-state index contributed by atoms with van der Waals surface area (Å²) >= 11 is 0. The largest absolute Gasteiger partial charge is 0.481 e. The number of unbranched alkanes of at least 4 members (excludes halogenated alkanes) is 8. The fourth-order valence-corrected chi connectivity index (χ4v) is 3.37. The quantitative estimate of drug-likeness (QED) is 0.131. The first-order chi connectivity index (χ1) is 14.4. The zero-order valence-corrected chi connectivity index (χ0v) is 18.2. The van der Waals surface area contributed by atoms with Gasteiger partial charge in [0.1, 0.15) is 12.2 Å². The summed E-state index contributed by atoms with van der Waals surface area (Å²) < 4.78 is 10.7. The van der Waals surface area contributed by atoms with Crippen LogP contribution in [0, 0.1) is 0 Å². The van der Waals surface area contributed by atoms with E-state index in [9.17, 15) is 14.4 Å². The third-order valence-corrected chi connectivity index (χ3v) is 5.18. The predicted octanol–water partition coefficient (Wildman–Crippen LogP) is 4.87. The minimum atomic E-state index is -0.976. The van der Waals surface area contributed by atoms with Gasteiger partial charge in [-0.15, -0.1) is 0 Å². The first kappa shape index (κ1) is 26.1. The highest BCUT2D eigenvalue weighted by molar-refractivity contribution is 5.80. The summed E-state index contributed by atoms with van der Waals surface area (Å²) in [6.45, 7) is 2.15. The predicted molar refractivity (Wildman–Crippen MR) is 113 cm³/mol. The molecule has 1 heterocycles. The van der Waals surface area contributed by atoms with Crippen LogP contribution >= 0.6 is 0 Å². The molecule has 0 aliphatic carbocycles. The topological polar surface area (TPSA) is 113 Å². The van der Waals surface area contributed by atoms with Gasteiger partial charge in [0.25, 0.3) is 0 Å². The molecular weight excluding hydrogens is 388 g/mol. The minimum absolute atomic E-state index is 0.170. The number of allylic oxidation sites excluding steroid dienone is 1. The second kappa shape index (κ2) is 15.9. The molecule has 1 saturated heterocycles. The summed E-state index contributed by atoms with van der Waals surface area (Å²) in [6, 6.07) is 0. The number of carbonyl (C=O) groups excluding carboxylic acids is 1. The Kier molecular flexibility index (Phi) is 13.8. The Morgan fingerprint density at radius 2 is 1.63 bits per heavy atom. The molecule has 0 radical (unpaired) electrons. The second-order valence-corrected chi connectivity index (χ2v) is 8.01. The van der Waals surface area contributed by atoms with Crippen molar-refractivity contribution in [3.63, 3.8) is 0 Å². The molecule has 1 rings (SSSR count). The molecular formula is C23H38O7. The molecule has 30 heavy (non-hydrogen) atoms. The van der Waals surface area contributed by atoms with E-state index >= 15 is 0 Å². The van der Waals surface area contributed by atoms with Crippen LogP contribution in [-0.2, 0) is 23.9 Å². The Hall–Kier alpha value is -1.89. The van der Waals surface area contributed by atoms with E-state index in [2.05, 4.69) is 19.1 Å². The molecule has 2 N–H and O–H groups in total. The van der Waals surface area contributed by atoms with E-state index in [0.29, 0.717) is 6.42 Å². The number of hydrogen-bond donors (Lipinski definition) is 2. The van der Waals surface area contributed by atoms with Crippen molar-refractivity contribution in [1.82, 2.24) is 0 Å². The molecule has 0 aromatic rings. The maximum Gasteiger partial charge on any atom is 0.338 e. The molecule has 0 bridgehead atoms. The maximum atomic E-state index is 12.2. The minimum Gasteiger partial charge on any atom is -0.481 e. The van der Waals surface area contributed by atoms with E-state index in [1.54, 1.807) is 0 Å². The first-order valence-electron chi connectivity index (χ1n) is 11.4. The zero-order valence-electron chi connectivity index (χ0n) is 18.2. The van der Waals surface area contributed by atoms with Gasteiger partial charge in [0.05, 0.1) is 6.42 Å². The van der Waals surface area contributed by atoms with E-state index in [1.165, 1.54) is 0 Å². The van der Waals surface area contributed by atoms with Crippen LogP contribution in [0.3, 0.4) is 0 Å². The number of carboxylic acids is 2. The monoisotopic (exact) mass is 426 g/mol. The molecule has 172 valence electrons. The van der Waals surface area contributed by atoms with Crippen molar-refractivity contribution in [3.8, 4) is 0 Å². The van der Waals surface area contributed by atoms with Gasteiger partial charge in [-0.3, -0.25) is 9.59 Å². The van der Waals surface area contributed by atoms with Gasteiger partial charge in [-0.25, -0.2) is 4.79 Å². The smallest absolute Gasteiger partial charge is 0.338 e. The SMILES string of the molecule is CCCCCCC(CC=CCCCCCCCC(=O)O)OC(=O)C1OC1CC(=O)O. The molecule has 0 aromatic carbocycles. The van der Waals surface area contributed by atoms with Crippen LogP contribution in [0.2, 0.25) is 0 Å². The summed E-state index contributed by atoms with van der Waals surface area (Å²) in [6.07, 6.45) is 14.5. The third kappa shape index (κ3) is 13.4. The highest BCUT2D eigenvalue weighted by atomic mass is 16.6. The lowest BCUT2D eigenvalue weighted by Crippen LogP contribution is -2.23. The zero-order chi connectivity index (χ0) is 22.2. The first-order valence-corrected chi connectivity index (χ1v) is 11.4. The number of epoxide rings is 1. The summed E-state index contributed by atoms with van der Waals surface area (Å²) in [7, 11) is 0. The number of carboxylic acid groups (broad SMARTS) is 2. The lowest BCUT2D eigenvalue weighted by molar-refractivity contribution is -0.150. The van der Waals surface area contributed by atoms with Gasteiger partial charge in [0, 0.05) is 12.8 Å². The van der Waals surface area contributed by atoms with Gasteiger partial charge < -0.3 is 19.7 Å². The van der Waals surface area contributed by atoms with Crippen molar-refractivity contribution >= 4 is 17.9 Å². The molecule has 1 fully saturated rings. The summed E-state index contributed by atoms with van der Waals surface area (Å²) in [5.41, 5.74) is 0. The Balaban J connectivity index is 2.25. The van der Waals surface area contributed by atoms with Gasteiger partial charge in [-0.1, -0.05) is 57.6 Å². The Labute approximate surface area is 179 Å². The summed E-state index contributed by atoms with van der Waals surface area (Å²) in [5, 5.41) is 17.4. The van der Waals surface area contributed by atoms with Crippen LogP contribution in [0.5, 0.6) is 0 Å². The van der Waals surface area contributed by atoms with Crippen molar-refractivity contribution in [3.05, 3.63) is 12.2 Å². The van der Waals surface area contributed by atoms with Gasteiger partial charge in [0.15, 0.2) is 6.10 Å². The number of carbonyl (C=O) groups is 3. The third-order valence-electron chi connectivity index (χ3n) is 5.18. The van der Waals surface area contributed by atoms with Crippen molar-refractivity contribution in [2.75, 3.05) is 0 Å². The van der Waals surface area contributed by atoms with E-state index in [0.717, 1.165) is 70.6 Å². The Morgan fingerprint density at radius 3 is 2.33 bits per heavy atom. The Morgan fingerprint density at radius 1 is 0.933 bits per heavy atom. The molecule has 0 spiro atoms. The fraction of sp³-hybridized carbons (Fsp3) is 0.783. The van der Waals surface area contributed by atoms with Crippen LogP contribution in [-0.4, -0.2) is 46.4 Å². The molecule has 7 heteroatoms. The van der Waals surface area contributed by atoms with Crippen molar-refractivity contribution in [2.24, 2.45) is 0 Å². The normalized spacial score (nSPS) is 19.0. The lowest BCUT2D eigenvalue weighted by Gasteiger charge is -2.16. The van der Waals surface area contributed by atoms with Gasteiger partial charge >= 0.3 is 17.9 Å². The van der Waals surface area contributed by atoms with Gasteiger partial charge in [-0.05, 0) is 32.1 Å². The lowest BCUT2D eigenvalue weighted by atomic mass is 10.1. The van der Waals surface area contributed by atoms with Gasteiger partial charge in [0.2, 0.25) is 0 Å². The average Bonchev–Trinajstić information content (AvgIpc) is 3.44. The number of rotatable bonds is 19. The van der Waals surface area contributed by atoms with Crippen LogP contribution in [0.1, 0.15) is 96.8 Å². The molecule has 0 aromatic heterocycles. The summed E-state index contributed by atoms with van der Waals surface area (Å²) in [4.78, 5) is 33.4. The van der Waals surface area contributed by atoms with Crippen molar-refractivity contribution in [1.29, 1.82) is 0 Å². The number of aliphatic carboxylic acids is 2. The highest BCUT2D eigenvalue weighted by Crippen LogP contribution is 2.28. The molecule has 1 aliphatic rings. The number of hydrogen-bond acceptors (Lipinski definition) is 5. The van der Waals surface area contributed by atoms with Crippen LogP contribution in [0.4, 0.5) is 0 Å². The maximum absolute atomic E-state index is 12.2. The van der Waals surface area contributed by atoms with E-state index in [-0.39, 0.29) is 18.9 Å². The standard InChI is InChI=1S/C23H38O7/c1-2-3-4-11-14-18(29-23(28)22-19(30-22)17-21(26)27)15-12-9-7-5-6-8-10-13-16-20(24)25/h9,12,18-19,22H,2-8,10-11,13-17H2,1H3,(H,24,25)(H,26,27). The van der Waals surface area contributed by atoms with E-state index in [4.69, 9.17) is 19.7 Å². The average molecular weight is 427 g/mol. The highest BCUT2D eigenvalue weighted by Gasteiger charge is 2.48. The number of esters is 1. The van der Waals surface area contributed by atoms with E-state index in [1.807, 2.05) is 0 Å². The van der Waals surface area contributed by atoms with Crippen LogP contribution < -0.4 is 0 Å². The van der Waals surface area contributed by atoms with Crippen molar-refractivity contribution in [2.45, 2.75) is 115 Å².